The van der Waals surface area contributed by atoms with Gasteiger partial charge in [0.15, 0.2) is 0 Å². The van der Waals surface area contributed by atoms with E-state index in [1.807, 2.05) is 0 Å². The molecule has 0 aromatic carbocycles. The topological polar surface area (TPSA) is 26.7 Å². The predicted molar refractivity (Wildman–Crippen MR) is 110 cm³/mol. The van der Waals surface area contributed by atoms with Gasteiger partial charge in [0, 0.05) is 13.1 Å². The zero-order chi connectivity index (χ0) is 18.3. The maximum atomic E-state index is 9.62. The minimum absolute atomic E-state index is 0.0453. The van der Waals surface area contributed by atoms with Crippen molar-refractivity contribution >= 4 is 0 Å². The predicted octanol–water partition coefficient (Wildman–Crippen LogP) is 4.93. The van der Waals surface area contributed by atoms with E-state index in [1.165, 1.54) is 84.0 Å². The Labute approximate surface area is 158 Å². The molecule has 1 heterocycles. The summed E-state index contributed by atoms with van der Waals surface area (Å²) in [5.41, 5.74) is 0. The van der Waals surface area contributed by atoms with Crippen molar-refractivity contribution in [3.63, 3.8) is 0 Å². The average molecular weight is 355 g/mol. The Kier molecular flexibility index (Phi) is 13.7. The van der Waals surface area contributed by atoms with Crippen molar-refractivity contribution in [2.45, 2.75) is 97.5 Å². The molecule has 0 bridgehead atoms. The number of hydrogen-bond acceptors (Lipinski definition) is 3. The van der Waals surface area contributed by atoms with Crippen molar-refractivity contribution in [2.24, 2.45) is 5.92 Å². The molecule has 1 fully saturated rings. The summed E-state index contributed by atoms with van der Waals surface area (Å²) < 4.78 is 0. The molecule has 1 saturated heterocycles. The third-order valence-corrected chi connectivity index (χ3v) is 5.61. The van der Waals surface area contributed by atoms with Crippen LogP contribution < -0.4 is 0 Å². The van der Waals surface area contributed by atoms with E-state index in [9.17, 15) is 5.11 Å². The second kappa shape index (κ2) is 15.0. The minimum Gasteiger partial charge on any atom is -0.393 e. The Balaban J connectivity index is 2.13. The number of aliphatic hydroxyl groups is 1. The quantitative estimate of drug-likeness (QED) is 0.422. The Bertz CT molecular complexity index is 288. The number of unbranched alkanes of at least 4 members (excludes halogenated alkanes) is 6. The number of rotatable bonds is 15. The van der Waals surface area contributed by atoms with Gasteiger partial charge in [-0.2, -0.15) is 0 Å². The van der Waals surface area contributed by atoms with E-state index in [0.29, 0.717) is 0 Å². The maximum absolute atomic E-state index is 9.62. The number of piperidine rings is 1. The molecule has 1 N–H and O–H groups in total. The van der Waals surface area contributed by atoms with Gasteiger partial charge in [-0.25, -0.2) is 0 Å². The van der Waals surface area contributed by atoms with Crippen LogP contribution in [0, 0.1) is 5.92 Å². The Morgan fingerprint density at radius 1 is 0.880 bits per heavy atom. The van der Waals surface area contributed by atoms with Gasteiger partial charge in [0.1, 0.15) is 0 Å². The molecular weight excluding hydrogens is 308 g/mol. The summed E-state index contributed by atoms with van der Waals surface area (Å²) in [7, 11) is 0. The molecule has 150 valence electrons. The van der Waals surface area contributed by atoms with Crippen molar-refractivity contribution in [3.8, 4) is 0 Å². The van der Waals surface area contributed by atoms with Crippen LogP contribution in [-0.2, 0) is 0 Å². The molecular formula is C22H46N2O. The number of aliphatic hydroxyl groups excluding tert-OH is 1. The van der Waals surface area contributed by atoms with Crippen LogP contribution in [0.1, 0.15) is 91.4 Å². The average Bonchev–Trinajstić information content (AvgIpc) is 2.59. The summed E-state index contributed by atoms with van der Waals surface area (Å²) in [6.07, 6.45) is 14.3. The van der Waals surface area contributed by atoms with E-state index in [-0.39, 0.29) is 6.10 Å². The summed E-state index contributed by atoms with van der Waals surface area (Å²) in [4.78, 5) is 5.26. The zero-order valence-electron chi connectivity index (χ0n) is 17.5. The van der Waals surface area contributed by atoms with Crippen molar-refractivity contribution in [1.29, 1.82) is 0 Å². The van der Waals surface area contributed by atoms with Gasteiger partial charge in [0.25, 0.3) is 0 Å². The smallest absolute Gasteiger partial charge is 0.0564 e. The first-order chi connectivity index (χ1) is 12.1. The van der Waals surface area contributed by atoms with E-state index in [4.69, 9.17) is 0 Å². The highest BCUT2D eigenvalue weighted by atomic mass is 16.3. The normalized spacial score (nSPS) is 17.0. The lowest BCUT2D eigenvalue weighted by Crippen LogP contribution is -2.38. The third-order valence-electron chi connectivity index (χ3n) is 5.61. The highest BCUT2D eigenvalue weighted by molar-refractivity contribution is 4.71. The molecule has 0 unspecified atom stereocenters. The molecule has 0 aromatic heterocycles. The van der Waals surface area contributed by atoms with Crippen molar-refractivity contribution in [1.82, 2.24) is 9.80 Å². The highest BCUT2D eigenvalue weighted by Gasteiger charge is 2.16. The SMILES string of the molecule is CCCCCCCCCN(CCCN1CCC(O)CC1)CCC(C)C. The van der Waals surface area contributed by atoms with E-state index < -0.39 is 0 Å². The van der Waals surface area contributed by atoms with Gasteiger partial charge in [0.2, 0.25) is 0 Å². The lowest BCUT2D eigenvalue weighted by molar-refractivity contribution is 0.0801. The molecule has 1 rings (SSSR count). The summed E-state index contributed by atoms with van der Waals surface area (Å²) >= 11 is 0. The van der Waals surface area contributed by atoms with Crippen LogP contribution in [-0.4, -0.2) is 60.3 Å². The molecule has 0 aliphatic carbocycles. The highest BCUT2D eigenvalue weighted by Crippen LogP contribution is 2.12. The first kappa shape index (κ1) is 22.9. The van der Waals surface area contributed by atoms with Crippen LogP contribution in [0.25, 0.3) is 0 Å². The summed E-state index contributed by atoms with van der Waals surface area (Å²) in [6, 6.07) is 0. The molecule has 1 aliphatic heterocycles. The lowest BCUT2D eigenvalue weighted by atomic mass is 10.1. The lowest BCUT2D eigenvalue weighted by Gasteiger charge is -2.30. The van der Waals surface area contributed by atoms with Crippen LogP contribution in [0.15, 0.2) is 0 Å². The molecule has 0 atom stereocenters. The van der Waals surface area contributed by atoms with Gasteiger partial charge >= 0.3 is 0 Å². The first-order valence-corrected chi connectivity index (χ1v) is 11.2. The minimum atomic E-state index is -0.0453. The van der Waals surface area contributed by atoms with Crippen molar-refractivity contribution in [3.05, 3.63) is 0 Å². The number of nitrogens with zero attached hydrogens (tertiary/aromatic N) is 2. The van der Waals surface area contributed by atoms with Gasteiger partial charge in [-0.15, -0.1) is 0 Å². The van der Waals surface area contributed by atoms with Crippen LogP contribution in [0.4, 0.5) is 0 Å². The maximum Gasteiger partial charge on any atom is 0.0564 e. The summed E-state index contributed by atoms with van der Waals surface area (Å²) in [6.45, 7) is 14.2. The standard InChI is InChI=1S/C22H46N2O/c1-4-5-6-7-8-9-10-15-23(18-12-21(2)3)16-11-17-24-19-13-22(25)14-20-24/h21-22,25H,4-20H2,1-3H3. The van der Waals surface area contributed by atoms with E-state index in [1.54, 1.807) is 0 Å². The first-order valence-electron chi connectivity index (χ1n) is 11.2. The van der Waals surface area contributed by atoms with Crippen LogP contribution >= 0.6 is 0 Å². The van der Waals surface area contributed by atoms with Crippen molar-refractivity contribution < 1.29 is 5.11 Å². The number of likely N-dealkylation sites (tertiary alicyclic amines) is 1. The second-order valence-electron chi connectivity index (χ2n) is 8.57. The van der Waals surface area contributed by atoms with Crippen LogP contribution in [0.3, 0.4) is 0 Å². The fourth-order valence-electron chi connectivity index (χ4n) is 3.73. The van der Waals surface area contributed by atoms with Gasteiger partial charge in [0.05, 0.1) is 6.10 Å². The van der Waals surface area contributed by atoms with Crippen LogP contribution in [0.2, 0.25) is 0 Å². The molecule has 0 radical (unpaired) electrons. The summed E-state index contributed by atoms with van der Waals surface area (Å²) in [5, 5.41) is 9.62. The Morgan fingerprint density at radius 3 is 2.12 bits per heavy atom. The van der Waals surface area contributed by atoms with Gasteiger partial charge in [-0.05, 0) is 64.2 Å². The van der Waals surface area contributed by atoms with Crippen LogP contribution in [0.5, 0.6) is 0 Å². The summed E-state index contributed by atoms with van der Waals surface area (Å²) in [5.74, 6) is 0.806. The molecule has 3 heteroatoms. The molecule has 0 amide bonds. The molecule has 0 saturated carbocycles. The second-order valence-corrected chi connectivity index (χ2v) is 8.57. The van der Waals surface area contributed by atoms with Crippen molar-refractivity contribution in [2.75, 3.05) is 39.3 Å². The van der Waals surface area contributed by atoms with E-state index >= 15 is 0 Å². The third kappa shape index (κ3) is 12.8. The zero-order valence-corrected chi connectivity index (χ0v) is 17.5. The largest absolute Gasteiger partial charge is 0.393 e. The van der Waals surface area contributed by atoms with Gasteiger partial charge in [-0.1, -0.05) is 59.3 Å². The van der Waals surface area contributed by atoms with Gasteiger partial charge < -0.3 is 14.9 Å². The molecule has 1 aliphatic rings. The molecule has 3 nitrogen and oxygen atoms in total. The molecule has 0 spiro atoms. The molecule has 0 aromatic rings. The van der Waals surface area contributed by atoms with E-state index in [2.05, 4.69) is 30.6 Å². The monoisotopic (exact) mass is 354 g/mol. The fourth-order valence-corrected chi connectivity index (χ4v) is 3.73. The molecule has 25 heavy (non-hydrogen) atoms. The fraction of sp³-hybridized carbons (Fsp3) is 1.00. The Hall–Kier alpha value is -0.120. The number of hydrogen-bond donors (Lipinski definition) is 1. The van der Waals surface area contributed by atoms with Gasteiger partial charge in [-0.3, -0.25) is 0 Å². The van der Waals surface area contributed by atoms with E-state index in [0.717, 1.165) is 31.8 Å². The Morgan fingerprint density at radius 2 is 1.48 bits per heavy atom.